The number of esters is 1. The van der Waals surface area contributed by atoms with Gasteiger partial charge in [-0.2, -0.15) is 0 Å². The molecule has 10 nitrogen and oxygen atoms in total. The second-order valence-electron chi connectivity index (χ2n) is 12.1. The van der Waals surface area contributed by atoms with Gasteiger partial charge in [0.15, 0.2) is 18.1 Å². The van der Waals surface area contributed by atoms with Crippen LogP contribution in [-0.4, -0.2) is 35.2 Å². The standard InChI is InChI=1S/C34H30ClN3O7/c1-34(2,3)21-14-20(12-19-8-11-28-29(13-19)45-18-44-28)32-24(15-21)31(23-6-4-5-7-26(23)37-32)33(40)43-17-30(39)36-27-16-22(38(41)42)9-10-25(27)35/h4-13,16,21H,14-15,17-18H2,1-3H3,(H,36,39)/b20-12+. The Morgan fingerprint density at radius 3 is 2.64 bits per heavy atom. The molecular formula is C34H30ClN3O7. The molecule has 0 spiro atoms. The molecule has 3 aromatic carbocycles. The topological polar surface area (TPSA) is 130 Å². The Balaban J connectivity index is 1.36. The fraction of sp³-hybridized carbons (Fsp3) is 0.265. The number of pyridine rings is 1. The van der Waals surface area contributed by atoms with Crippen LogP contribution in [0.4, 0.5) is 11.4 Å². The Hall–Kier alpha value is -4.96. The summed E-state index contributed by atoms with van der Waals surface area (Å²) < 4.78 is 16.6. The Bertz CT molecular complexity index is 1900. The summed E-state index contributed by atoms with van der Waals surface area (Å²) in [6.45, 7) is 6.09. The first-order valence-corrected chi connectivity index (χ1v) is 14.8. The van der Waals surface area contributed by atoms with Gasteiger partial charge in [0.05, 0.1) is 32.4 Å². The van der Waals surface area contributed by atoms with E-state index in [-0.39, 0.29) is 34.5 Å². The van der Waals surface area contributed by atoms with E-state index in [4.69, 9.17) is 30.8 Å². The molecule has 2 heterocycles. The number of anilines is 1. The Kier molecular flexibility index (Phi) is 7.92. The maximum Gasteiger partial charge on any atom is 0.339 e. The number of nitro benzene ring substituents is 1. The third kappa shape index (κ3) is 6.19. The Morgan fingerprint density at radius 1 is 1.09 bits per heavy atom. The molecule has 4 aromatic rings. The third-order valence-corrected chi connectivity index (χ3v) is 8.48. The Morgan fingerprint density at radius 2 is 1.87 bits per heavy atom. The van der Waals surface area contributed by atoms with E-state index in [2.05, 4.69) is 32.2 Å². The number of nitrogens with zero attached hydrogens (tertiary/aromatic N) is 2. The molecule has 0 bridgehead atoms. The van der Waals surface area contributed by atoms with Crippen LogP contribution < -0.4 is 14.8 Å². The number of rotatable bonds is 6. The van der Waals surface area contributed by atoms with Gasteiger partial charge in [-0.15, -0.1) is 0 Å². The normalized spacial score (nSPS) is 16.4. The maximum absolute atomic E-state index is 13.9. The first kappa shape index (κ1) is 30.1. The number of ether oxygens (including phenoxy) is 3. The average Bonchev–Trinajstić information content (AvgIpc) is 3.47. The van der Waals surface area contributed by atoms with E-state index in [1.165, 1.54) is 12.1 Å². The quantitative estimate of drug-likeness (QED) is 0.132. The van der Waals surface area contributed by atoms with E-state index in [9.17, 15) is 19.7 Å². The molecule has 0 radical (unpaired) electrons. The minimum Gasteiger partial charge on any atom is -0.454 e. The van der Waals surface area contributed by atoms with Crippen molar-refractivity contribution in [2.45, 2.75) is 33.6 Å². The number of hydrogen-bond acceptors (Lipinski definition) is 8. The molecule has 6 rings (SSSR count). The molecule has 1 aliphatic carbocycles. The fourth-order valence-corrected chi connectivity index (χ4v) is 5.85. The fourth-order valence-electron chi connectivity index (χ4n) is 5.69. The van der Waals surface area contributed by atoms with E-state index < -0.39 is 23.4 Å². The number of aromatic nitrogens is 1. The predicted molar refractivity (Wildman–Crippen MR) is 170 cm³/mol. The zero-order valence-corrected chi connectivity index (χ0v) is 25.6. The smallest absolute Gasteiger partial charge is 0.339 e. The number of benzene rings is 3. The number of non-ortho nitro benzene ring substituents is 1. The van der Waals surface area contributed by atoms with Crippen molar-refractivity contribution in [1.82, 2.24) is 4.98 Å². The largest absolute Gasteiger partial charge is 0.454 e. The first-order chi connectivity index (χ1) is 21.5. The molecule has 11 heteroatoms. The molecule has 45 heavy (non-hydrogen) atoms. The molecule has 230 valence electrons. The van der Waals surface area contributed by atoms with Crippen molar-refractivity contribution >= 4 is 57.4 Å². The molecule has 0 saturated heterocycles. The number of carbonyl (C=O) groups excluding carboxylic acids is 2. The number of fused-ring (bicyclic) bond motifs is 3. The van der Waals surface area contributed by atoms with Gasteiger partial charge in [0.2, 0.25) is 6.79 Å². The zero-order valence-electron chi connectivity index (χ0n) is 24.9. The number of halogens is 1. The van der Waals surface area contributed by atoms with Gasteiger partial charge in [-0.25, -0.2) is 9.78 Å². The molecule has 0 saturated carbocycles. The van der Waals surface area contributed by atoms with Gasteiger partial charge in [-0.05, 0) is 71.2 Å². The van der Waals surface area contributed by atoms with Crippen LogP contribution in [0.15, 0.2) is 60.7 Å². The number of hydrogen-bond donors (Lipinski definition) is 1. The van der Waals surface area contributed by atoms with E-state index in [0.717, 1.165) is 29.2 Å². The lowest BCUT2D eigenvalue weighted by Crippen LogP contribution is -2.29. The van der Waals surface area contributed by atoms with Crippen molar-refractivity contribution in [2.75, 3.05) is 18.7 Å². The van der Waals surface area contributed by atoms with E-state index in [0.29, 0.717) is 40.1 Å². The molecule has 1 aromatic heterocycles. The monoisotopic (exact) mass is 627 g/mol. The average molecular weight is 628 g/mol. The highest BCUT2D eigenvalue weighted by Crippen LogP contribution is 2.45. The predicted octanol–water partition coefficient (Wildman–Crippen LogP) is 7.47. The van der Waals surface area contributed by atoms with Crippen LogP contribution in [0.3, 0.4) is 0 Å². The number of amides is 1. The van der Waals surface area contributed by atoms with Crippen LogP contribution in [0.2, 0.25) is 5.02 Å². The second kappa shape index (κ2) is 11.9. The summed E-state index contributed by atoms with van der Waals surface area (Å²) in [5.41, 5.74) is 4.09. The van der Waals surface area contributed by atoms with Crippen molar-refractivity contribution in [2.24, 2.45) is 11.3 Å². The summed E-state index contributed by atoms with van der Waals surface area (Å²) in [7, 11) is 0. The molecule has 2 aliphatic rings. The van der Waals surface area contributed by atoms with Gasteiger partial charge in [-0.1, -0.05) is 56.6 Å². The summed E-state index contributed by atoms with van der Waals surface area (Å²) in [5.74, 6) is 0.197. The number of para-hydroxylation sites is 1. The maximum atomic E-state index is 13.9. The molecule has 1 N–H and O–H groups in total. The van der Waals surface area contributed by atoms with Crippen molar-refractivity contribution in [3.8, 4) is 11.5 Å². The highest BCUT2D eigenvalue weighted by molar-refractivity contribution is 6.33. The van der Waals surface area contributed by atoms with Crippen LogP contribution in [0, 0.1) is 21.4 Å². The van der Waals surface area contributed by atoms with Gasteiger partial charge in [0.1, 0.15) is 0 Å². The van der Waals surface area contributed by atoms with Crippen LogP contribution in [0.25, 0.3) is 22.6 Å². The molecule has 0 fully saturated rings. The molecule has 1 amide bonds. The van der Waals surface area contributed by atoms with Gasteiger partial charge in [-0.3, -0.25) is 14.9 Å². The molecule has 1 unspecified atom stereocenters. The van der Waals surface area contributed by atoms with Crippen molar-refractivity contribution in [3.05, 3.63) is 98.2 Å². The molecular weight excluding hydrogens is 598 g/mol. The van der Waals surface area contributed by atoms with E-state index in [1.54, 1.807) is 0 Å². The summed E-state index contributed by atoms with van der Waals surface area (Å²) in [4.78, 5) is 42.2. The summed E-state index contributed by atoms with van der Waals surface area (Å²) in [6.07, 6.45) is 3.41. The third-order valence-electron chi connectivity index (χ3n) is 8.15. The van der Waals surface area contributed by atoms with Crippen molar-refractivity contribution in [3.63, 3.8) is 0 Å². The number of allylic oxidation sites excluding steroid dienone is 1. The number of carbonyl (C=O) groups is 2. The van der Waals surface area contributed by atoms with E-state index >= 15 is 0 Å². The van der Waals surface area contributed by atoms with Crippen molar-refractivity contribution in [1.29, 1.82) is 0 Å². The van der Waals surface area contributed by atoms with Crippen LogP contribution in [0.1, 0.15) is 54.4 Å². The first-order valence-electron chi connectivity index (χ1n) is 14.4. The van der Waals surface area contributed by atoms with Crippen LogP contribution in [0.5, 0.6) is 11.5 Å². The molecule has 1 aliphatic heterocycles. The lowest BCUT2D eigenvalue weighted by Gasteiger charge is -2.36. The van der Waals surface area contributed by atoms with Gasteiger partial charge in [0.25, 0.3) is 11.6 Å². The summed E-state index contributed by atoms with van der Waals surface area (Å²) in [6, 6.07) is 16.8. The highest BCUT2D eigenvalue weighted by atomic mass is 35.5. The molecule has 1 atom stereocenters. The van der Waals surface area contributed by atoms with Gasteiger partial charge >= 0.3 is 5.97 Å². The number of nitrogens with one attached hydrogen (secondary N) is 1. The minimum atomic E-state index is -0.686. The Labute approximate surface area is 264 Å². The lowest BCUT2D eigenvalue weighted by molar-refractivity contribution is -0.384. The highest BCUT2D eigenvalue weighted by Gasteiger charge is 2.35. The lowest BCUT2D eigenvalue weighted by atomic mass is 9.69. The number of nitro groups is 1. The van der Waals surface area contributed by atoms with Crippen LogP contribution >= 0.6 is 11.6 Å². The zero-order chi connectivity index (χ0) is 31.9. The van der Waals surface area contributed by atoms with Crippen molar-refractivity contribution < 1.29 is 28.7 Å². The SMILES string of the molecule is CC(C)(C)C1C/C(=C\c2ccc3c(c2)OCO3)c2nc3ccccc3c(C(=O)OCC(=O)Nc3cc([N+](=O)[O-])ccc3Cl)c2C1. The summed E-state index contributed by atoms with van der Waals surface area (Å²) >= 11 is 6.13. The van der Waals surface area contributed by atoms with Crippen LogP contribution in [-0.2, 0) is 16.0 Å². The van der Waals surface area contributed by atoms with Gasteiger partial charge in [0, 0.05) is 17.5 Å². The van der Waals surface area contributed by atoms with E-state index in [1.807, 2.05) is 42.5 Å². The summed E-state index contributed by atoms with van der Waals surface area (Å²) in [5, 5.41) is 14.4. The van der Waals surface area contributed by atoms with Gasteiger partial charge < -0.3 is 19.5 Å². The minimum absolute atomic E-state index is 0.0463. The second-order valence-corrected chi connectivity index (χ2v) is 12.5.